The summed E-state index contributed by atoms with van der Waals surface area (Å²) in [5, 5.41) is 2.14. The summed E-state index contributed by atoms with van der Waals surface area (Å²) >= 11 is 0. The molecule has 1 aromatic carbocycles. The molecule has 0 aromatic heterocycles. The third-order valence-electron chi connectivity index (χ3n) is 2.16. The van der Waals surface area contributed by atoms with Gasteiger partial charge in [-0.1, -0.05) is 6.07 Å². The number of nitrogens with one attached hydrogen (secondary N) is 1. The quantitative estimate of drug-likeness (QED) is 0.841. The lowest BCUT2D eigenvalue weighted by Crippen LogP contribution is -2.27. The standard InChI is InChI=1S/C13H14F3NO3/c1-12(2,3)20-11(19)17-10-6-4-5-9(8(10)7-18)13(14,15)16/h4-7H,1-3H3,(H,17,19). The summed E-state index contributed by atoms with van der Waals surface area (Å²) in [6, 6.07) is 3.06. The van der Waals surface area contributed by atoms with Gasteiger partial charge in [0, 0.05) is 0 Å². The monoisotopic (exact) mass is 289 g/mol. The molecule has 0 aliphatic carbocycles. The highest BCUT2D eigenvalue weighted by molar-refractivity contribution is 5.94. The number of hydrogen-bond donors (Lipinski definition) is 1. The van der Waals surface area contributed by atoms with Crippen LogP contribution in [0.5, 0.6) is 0 Å². The molecule has 0 spiro atoms. The molecule has 0 radical (unpaired) electrons. The number of carbonyl (C=O) groups excluding carboxylic acids is 2. The lowest BCUT2D eigenvalue weighted by molar-refractivity contribution is -0.137. The Balaban J connectivity index is 3.08. The maximum Gasteiger partial charge on any atom is 0.417 e. The Kier molecular flexibility index (Phi) is 4.42. The maximum atomic E-state index is 12.7. The lowest BCUT2D eigenvalue weighted by Gasteiger charge is -2.20. The van der Waals surface area contributed by atoms with E-state index < -0.39 is 29.0 Å². The molecule has 0 atom stereocenters. The van der Waals surface area contributed by atoms with E-state index in [1.807, 2.05) is 0 Å². The van der Waals surface area contributed by atoms with Crippen LogP contribution in [0.2, 0.25) is 0 Å². The largest absolute Gasteiger partial charge is 0.444 e. The van der Waals surface area contributed by atoms with Crippen LogP contribution >= 0.6 is 0 Å². The Labute approximate surface area is 113 Å². The van der Waals surface area contributed by atoms with E-state index >= 15 is 0 Å². The molecule has 0 saturated heterocycles. The van der Waals surface area contributed by atoms with Gasteiger partial charge in [0.25, 0.3) is 0 Å². The second-order valence-corrected chi connectivity index (χ2v) is 5.01. The zero-order valence-corrected chi connectivity index (χ0v) is 11.2. The summed E-state index contributed by atoms with van der Waals surface area (Å²) in [5.41, 5.74) is -2.79. The first kappa shape index (κ1) is 16.0. The van der Waals surface area contributed by atoms with Crippen molar-refractivity contribution in [3.8, 4) is 0 Å². The van der Waals surface area contributed by atoms with Gasteiger partial charge < -0.3 is 4.74 Å². The molecule has 0 bridgehead atoms. The van der Waals surface area contributed by atoms with Crippen LogP contribution in [0.4, 0.5) is 23.7 Å². The van der Waals surface area contributed by atoms with Crippen LogP contribution in [0, 0.1) is 0 Å². The van der Waals surface area contributed by atoms with Gasteiger partial charge in [0.15, 0.2) is 6.29 Å². The Bertz CT molecular complexity index is 519. The van der Waals surface area contributed by atoms with Gasteiger partial charge in [-0.05, 0) is 32.9 Å². The molecule has 0 aliphatic rings. The Morgan fingerprint density at radius 2 is 1.85 bits per heavy atom. The third kappa shape index (κ3) is 4.25. The maximum absolute atomic E-state index is 12.7. The number of halogens is 3. The number of benzene rings is 1. The predicted molar refractivity (Wildman–Crippen MR) is 66.7 cm³/mol. The molecule has 7 heteroatoms. The Morgan fingerprint density at radius 3 is 2.30 bits per heavy atom. The van der Waals surface area contributed by atoms with Crippen LogP contribution in [0.25, 0.3) is 0 Å². The van der Waals surface area contributed by atoms with E-state index in [0.717, 1.165) is 12.1 Å². The molecule has 4 nitrogen and oxygen atoms in total. The number of amides is 1. The van der Waals surface area contributed by atoms with E-state index in [0.29, 0.717) is 0 Å². The number of ether oxygens (including phenoxy) is 1. The van der Waals surface area contributed by atoms with Crippen molar-refractivity contribution in [3.05, 3.63) is 29.3 Å². The van der Waals surface area contributed by atoms with Crippen molar-refractivity contribution in [1.29, 1.82) is 0 Å². The van der Waals surface area contributed by atoms with Gasteiger partial charge >= 0.3 is 12.3 Å². The summed E-state index contributed by atoms with van der Waals surface area (Å²) in [7, 11) is 0. The number of rotatable bonds is 2. The van der Waals surface area contributed by atoms with E-state index in [1.54, 1.807) is 20.8 Å². The minimum absolute atomic E-state index is 0.0511. The van der Waals surface area contributed by atoms with Crippen molar-refractivity contribution in [2.24, 2.45) is 0 Å². The normalized spacial score (nSPS) is 11.9. The second-order valence-electron chi connectivity index (χ2n) is 5.01. The van der Waals surface area contributed by atoms with Crippen LogP contribution in [0.3, 0.4) is 0 Å². The number of aldehydes is 1. The van der Waals surface area contributed by atoms with Gasteiger partial charge in [-0.2, -0.15) is 13.2 Å². The van der Waals surface area contributed by atoms with Gasteiger partial charge in [-0.15, -0.1) is 0 Å². The van der Waals surface area contributed by atoms with Crippen LogP contribution < -0.4 is 5.32 Å². The number of anilines is 1. The van der Waals surface area contributed by atoms with Crippen molar-refractivity contribution in [2.45, 2.75) is 32.5 Å². The number of hydrogen-bond acceptors (Lipinski definition) is 3. The second kappa shape index (κ2) is 5.52. The Hall–Kier alpha value is -2.05. The highest BCUT2D eigenvalue weighted by atomic mass is 19.4. The molecule has 20 heavy (non-hydrogen) atoms. The smallest absolute Gasteiger partial charge is 0.417 e. The minimum Gasteiger partial charge on any atom is -0.444 e. The highest BCUT2D eigenvalue weighted by Gasteiger charge is 2.34. The fourth-order valence-corrected chi connectivity index (χ4v) is 1.46. The summed E-state index contributed by atoms with van der Waals surface area (Å²) in [6.07, 6.45) is -5.56. The van der Waals surface area contributed by atoms with Gasteiger partial charge in [0.2, 0.25) is 0 Å². The van der Waals surface area contributed by atoms with Crippen molar-refractivity contribution in [1.82, 2.24) is 0 Å². The average molecular weight is 289 g/mol. The van der Waals surface area contributed by atoms with Crippen LogP contribution in [-0.2, 0) is 10.9 Å². The molecule has 1 aromatic rings. The Morgan fingerprint density at radius 1 is 1.25 bits per heavy atom. The van der Waals surface area contributed by atoms with E-state index in [2.05, 4.69) is 5.32 Å². The number of alkyl halides is 3. The summed E-state index contributed by atoms with van der Waals surface area (Å²) < 4.78 is 43.1. The van der Waals surface area contributed by atoms with Gasteiger partial charge in [-0.3, -0.25) is 10.1 Å². The van der Waals surface area contributed by atoms with Gasteiger partial charge in [0.1, 0.15) is 5.60 Å². The minimum atomic E-state index is -4.68. The predicted octanol–water partition coefficient (Wildman–Crippen LogP) is 3.86. The van der Waals surface area contributed by atoms with E-state index in [4.69, 9.17) is 4.74 Å². The van der Waals surface area contributed by atoms with E-state index in [-0.39, 0.29) is 12.0 Å². The third-order valence-corrected chi connectivity index (χ3v) is 2.16. The summed E-state index contributed by atoms with van der Waals surface area (Å²) in [6.45, 7) is 4.83. The zero-order chi connectivity index (χ0) is 15.6. The van der Waals surface area contributed by atoms with Crippen LogP contribution in [-0.4, -0.2) is 18.0 Å². The van der Waals surface area contributed by atoms with E-state index in [1.165, 1.54) is 6.07 Å². The fourth-order valence-electron chi connectivity index (χ4n) is 1.46. The first-order valence-corrected chi connectivity index (χ1v) is 5.70. The lowest BCUT2D eigenvalue weighted by atomic mass is 10.1. The molecular weight excluding hydrogens is 275 g/mol. The highest BCUT2D eigenvalue weighted by Crippen LogP contribution is 2.34. The fraction of sp³-hybridized carbons (Fsp3) is 0.385. The topological polar surface area (TPSA) is 55.4 Å². The summed E-state index contributed by atoms with van der Waals surface area (Å²) in [4.78, 5) is 22.4. The molecule has 1 amide bonds. The molecule has 0 heterocycles. The molecule has 0 fully saturated rings. The molecule has 0 unspecified atom stereocenters. The molecule has 1 rings (SSSR count). The molecule has 1 N–H and O–H groups in total. The van der Waals surface area contributed by atoms with Crippen LogP contribution in [0.15, 0.2) is 18.2 Å². The molecule has 0 aliphatic heterocycles. The average Bonchev–Trinajstić information content (AvgIpc) is 2.24. The summed E-state index contributed by atoms with van der Waals surface area (Å²) in [5.74, 6) is 0. The van der Waals surface area contributed by atoms with Crippen molar-refractivity contribution >= 4 is 18.1 Å². The van der Waals surface area contributed by atoms with Gasteiger partial charge in [-0.25, -0.2) is 4.79 Å². The molecule has 110 valence electrons. The van der Waals surface area contributed by atoms with E-state index in [9.17, 15) is 22.8 Å². The first-order valence-electron chi connectivity index (χ1n) is 5.70. The zero-order valence-electron chi connectivity index (χ0n) is 11.2. The van der Waals surface area contributed by atoms with Crippen molar-refractivity contribution in [3.63, 3.8) is 0 Å². The van der Waals surface area contributed by atoms with Crippen molar-refractivity contribution < 1.29 is 27.5 Å². The van der Waals surface area contributed by atoms with Crippen LogP contribution in [0.1, 0.15) is 36.7 Å². The molecular formula is C13H14F3NO3. The number of carbonyl (C=O) groups is 2. The first-order chi connectivity index (χ1) is 9.04. The van der Waals surface area contributed by atoms with Crippen molar-refractivity contribution in [2.75, 3.05) is 5.32 Å². The van der Waals surface area contributed by atoms with Gasteiger partial charge in [0.05, 0.1) is 16.8 Å². The SMILES string of the molecule is CC(C)(C)OC(=O)Nc1cccc(C(F)(F)F)c1C=O. The molecule has 0 saturated carbocycles.